The largest absolute Gasteiger partial charge is 0.298 e. The molecule has 152 valence electrons. The number of hydrogen-bond acceptors (Lipinski definition) is 6. The first-order valence-corrected chi connectivity index (χ1v) is 11.6. The Morgan fingerprint density at radius 2 is 1.80 bits per heavy atom. The fourth-order valence-electron chi connectivity index (χ4n) is 2.74. The van der Waals surface area contributed by atoms with Crippen molar-refractivity contribution in [3.05, 3.63) is 77.9 Å². The summed E-state index contributed by atoms with van der Waals surface area (Å²) in [5.41, 5.74) is 3.36. The van der Waals surface area contributed by atoms with Crippen molar-refractivity contribution < 1.29 is 13.2 Å². The van der Waals surface area contributed by atoms with Gasteiger partial charge in [0, 0.05) is 34.6 Å². The van der Waals surface area contributed by atoms with Crippen LogP contribution in [-0.4, -0.2) is 35.3 Å². The zero-order chi connectivity index (χ0) is 21.1. The van der Waals surface area contributed by atoms with Crippen molar-refractivity contribution in [3.63, 3.8) is 0 Å². The van der Waals surface area contributed by atoms with Gasteiger partial charge in [-0.25, -0.2) is 18.1 Å². The van der Waals surface area contributed by atoms with Gasteiger partial charge in [0.15, 0.2) is 5.13 Å². The molecule has 0 saturated heterocycles. The van der Waals surface area contributed by atoms with Gasteiger partial charge in [-0.2, -0.15) is 5.10 Å². The molecule has 0 aliphatic carbocycles. The van der Waals surface area contributed by atoms with Crippen LogP contribution < -0.4 is 10.0 Å². The van der Waals surface area contributed by atoms with Crippen LogP contribution in [0.15, 0.2) is 72.4 Å². The zero-order valence-electron chi connectivity index (χ0n) is 15.8. The third-order valence-corrected chi connectivity index (χ3v) is 5.47. The second-order valence-corrected chi connectivity index (χ2v) is 9.05. The van der Waals surface area contributed by atoms with Crippen LogP contribution in [0.2, 0.25) is 0 Å². The Labute approximate surface area is 177 Å². The lowest BCUT2D eigenvalue weighted by molar-refractivity contribution is 0.102. The van der Waals surface area contributed by atoms with Gasteiger partial charge >= 0.3 is 0 Å². The van der Waals surface area contributed by atoms with E-state index in [1.165, 1.54) is 11.3 Å². The summed E-state index contributed by atoms with van der Waals surface area (Å²) in [6.07, 6.45) is 4.62. The first-order chi connectivity index (χ1) is 14.4. The third kappa shape index (κ3) is 4.73. The number of nitrogens with zero attached hydrogens (tertiary/aromatic N) is 3. The number of benzene rings is 2. The predicted molar refractivity (Wildman–Crippen MR) is 118 cm³/mol. The highest BCUT2D eigenvalue weighted by molar-refractivity contribution is 7.92. The van der Waals surface area contributed by atoms with E-state index in [4.69, 9.17) is 0 Å². The number of aromatic nitrogens is 3. The van der Waals surface area contributed by atoms with E-state index in [-0.39, 0.29) is 5.91 Å². The SMILES string of the molecule is CS(=O)(=O)Nc1ccc(-c2csc(NC(=O)c3ccc(-n4cccn4)cc3)n2)cc1. The summed E-state index contributed by atoms with van der Waals surface area (Å²) in [4.78, 5) is 16.9. The Balaban J connectivity index is 1.43. The minimum absolute atomic E-state index is 0.254. The highest BCUT2D eigenvalue weighted by atomic mass is 32.2. The standard InChI is InChI=1S/C20H17N5O3S2/c1-30(27,28)24-16-7-3-14(4-8-16)18-13-29-20(22-18)23-19(26)15-5-9-17(10-6-15)25-12-2-11-21-25/h2-13,24H,1H3,(H,22,23,26). The Bertz CT molecular complexity index is 1260. The predicted octanol–water partition coefficient (Wildman–Crippen LogP) is 3.62. The number of thiazole rings is 1. The summed E-state index contributed by atoms with van der Waals surface area (Å²) in [6.45, 7) is 0. The van der Waals surface area contributed by atoms with Crippen LogP contribution in [0.5, 0.6) is 0 Å². The molecule has 0 aliphatic rings. The summed E-state index contributed by atoms with van der Waals surface area (Å²) in [5.74, 6) is -0.254. The number of anilines is 2. The second kappa shape index (κ2) is 8.09. The fourth-order valence-corrected chi connectivity index (χ4v) is 4.02. The van der Waals surface area contributed by atoms with E-state index in [1.54, 1.807) is 47.3 Å². The van der Waals surface area contributed by atoms with Crippen molar-refractivity contribution in [1.29, 1.82) is 0 Å². The summed E-state index contributed by atoms with van der Waals surface area (Å²) in [6, 6.07) is 15.8. The van der Waals surface area contributed by atoms with E-state index in [0.717, 1.165) is 17.5 Å². The van der Waals surface area contributed by atoms with E-state index in [2.05, 4.69) is 20.1 Å². The maximum Gasteiger partial charge on any atom is 0.257 e. The van der Waals surface area contributed by atoms with Crippen molar-refractivity contribution in [1.82, 2.24) is 14.8 Å². The quantitative estimate of drug-likeness (QED) is 0.477. The van der Waals surface area contributed by atoms with Gasteiger partial charge in [0.1, 0.15) is 0 Å². The smallest absolute Gasteiger partial charge is 0.257 e. The molecular weight excluding hydrogens is 422 g/mol. The molecule has 4 aromatic rings. The molecule has 0 saturated carbocycles. The molecule has 0 spiro atoms. The van der Waals surface area contributed by atoms with E-state index in [1.807, 2.05) is 29.8 Å². The molecule has 1 amide bonds. The summed E-state index contributed by atoms with van der Waals surface area (Å²) in [7, 11) is -3.32. The Kier molecular flexibility index (Phi) is 5.34. The van der Waals surface area contributed by atoms with Crippen LogP contribution in [0.1, 0.15) is 10.4 Å². The molecule has 8 nitrogen and oxygen atoms in total. The minimum atomic E-state index is -3.32. The van der Waals surface area contributed by atoms with Crippen LogP contribution >= 0.6 is 11.3 Å². The number of hydrogen-bond donors (Lipinski definition) is 2. The van der Waals surface area contributed by atoms with Gasteiger partial charge < -0.3 is 0 Å². The monoisotopic (exact) mass is 439 g/mol. The molecule has 0 unspecified atom stereocenters. The lowest BCUT2D eigenvalue weighted by atomic mass is 10.1. The van der Waals surface area contributed by atoms with Gasteiger partial charge in [-0.05, 0) is 42.5 Å². The average Bonchev–Trinajstić information content (AvgIpc) is 3.40. The van der Waals surface area contributed by atoms with Gasteiger partial charge in [0.05, 0.1) is 17.6 Å². The number of sulfonamides is 1. The third-order valence-electron chi connectivity index (χ3n) is 4.11. The molecule has 0 atom stereocenters. The number of carbonyl (C=O) groups excluding carboxylic acids is 1. The lowest BCUT2D eigenvalue weighted by Gasteiger charge is -2.05. The topological polar surface area (TPSA) is 106 Å². The second-order valence-electron chi connectivity index (χ2n) is 6.44. The number of rotatable bonds is 6. The maximum atomic E-state index is 12.5. The summed E-state index contributed by atoms with van der Waals surface area (Å²) in [5, 5.41) is 9.26. The highest BCUT2D eigenvalue weighted by Gasteiger charge is 2.11. The van der Waals surface area contributed by atoms with E-state index < -0.39 is 10.0 Å². The number of nitrogens with one attached hydrogen (secondary N) is 2. The van der Waals surface area contributed by atoms with Crippen molar-refractivity contribution in [2.45, 2.75) is 0 Å². The summed E-state index contributed by atoms with van der Waals surface area (Å²) < 4.78 is 26.7. The molecule has 2 N–H and O–H groups in total. The van der Waals surface area contributed by atoms with Gasteiger partial charge in [-0.3, -0.25) is 14.8 Å². The molecule has 2 heterocycles. The van der Waals surface area contributed by atoms with Crippen LogP contribution in [0.4, 0.5) is 10.8 Å². The van der Waals surface area contributed by atoms with Crippen LogP contribution in [0.25, 0.3) is 16.9 Å². The molecule has 2 aromatic heterocycles. The molecule has 0 bridgehead atoms. The fraction of sp³-hybridized carbons (Fsp3) is 0.0500. The van der Waals surface area contributed by atoms with Crippen molar-refractivity contribution in [3.8, 4) is 16.9 Å². The molecule has 30 heavy (non-hydrogen) atoms. The van der Waals surface area contributed by atoms with Gasteiger partial charge in [0.2, 0.25) is 10.0 Å². The molecule has 2 aromatic carbocycles. The minimum Gasteiger partial charge on any atom is -0.298 e. The molecule has 0 aliphatic heterocycles. The van der Waals surface area contributed by atoms with Crippen molar-refractivity contribution in [2.24, 2.45) is 0 Å². The Morgan fingerprint density at radius 3 is 2.43 bits per heavy atom. The normalized spacial score (nSPS) is 11.2. The highest BCUT2D eigenvalue weighted by Crippen LogP contribution is 2.26. The molecule has 4 rings (SSSR count). The van der Waals surface area contributed by atoms with Crippen LogP contribution in [0.3, 0.4) is 0 Å². The zero-order valence-corrected chi connectivity index (χ0v) is 17.4. The van der Waals surface area contributed by atoms with Crippen molar-refractivity contribution >= 4 is 38.1 Å². The molecular formula is C20H17N5O3S2. The summed E-state index contributed by atoms with van der Waals surface area (Å²) >= 11 is 1.31. The van der Waals surface area contributed by atoms with Crippen molar-refractivity contribution in [2.75, 3.05) is 16.3 Å². The first-order valence-electron chi connectivity index (χ1n) is 8.82. The van der Waals surface area contributed by atoms with E-state index >= 15 is 0 Å². The first kappa shape index (κ1) is 19.8. The van der Waals surface area contributed by atoms with E-state index in [0.29, 0.717) is 22.1 Å². The van der Waals surface area contributed by atoms with E-state index in [9.17, 15) is 13.2 Å². The number of amides is 1. The van der Waals surface area contributed by atoms with Gasteiger partial charge in [-0.1, -0.05) is 12.1 Å². The lowest BCUT2D eigenvalue weighted by Crippen LogP contribution is -2.11. The van der Waals surface area contributed by atoms with Crippen LogP contribution in [0, 0.1) is 0 Å². The maximum absolute atomic E-state index is 12.5. The molecule has 0 radical (unpaired) electrons. The molecule has 10 heteroatoms. The average molecular weight is 440 g/mol. The van der Waals surface area contributed by atoms with Gasteiger partial charge in [0.25, 0.3) is 5.91 Å². The molecule has 0 fully saturated rings. The number of carbonyl (C=O) groups is 1. The van der Waals surface area contributed by atoms with Gasteiger partial charge in [-0.15, -0.1) is 11.3 Å². The Hall–Kier alpha value is -3.50. The van der Waals surface area contributed by atoms with Crippen LogP contribution in [-0.2, 0) is 10.0 Å². The Morgan fingerprint density at radius 1 is 1.07 bits per heavy atom.